The Bertz CT molecular complexity index is 638. The minimum atomic E-state index is -3.68. The Morgan fingerprint density at radius 3 is 2.43 bits per heavy atom. The van der Waals surface area contributed by atoms with Crippen molar-refractivity contribution >= 4 is 15.9 Å². The SMILES string of the molecule is N#Cc1ccc(CS(=O)(=O)NC(=O)CC2CCCC2)cc1. The lowest BCUT2D eigenvalue weighted by Gasteiger charge is -2.10. The number of hydrogen-bond acceptors (Lipinski definition) is 4. The first-order valence-corrected chi connectivity index (χ1v) is 8.66. The molecule has 0 aromatic heterocycles. The van der Waals surface area contributed by atoms with E-state index in [0.29, 0.717) is 17.0 Å². The number of sulfonamides is 1. The summed E-state index contributed by atoms with van der Waals surface area (Å²) in [5.74, 6) is -0.361. The summed E-state index contributed by atoms with van der Waals surface area (Å²) in [6, 6.07) is 8.26. The minimum absolute atomic E-state index is 0.255. The molecule has 0 unspecified atom stereocenters. The zero-order chi connectivity index (χ0) is 15.3. The lowest BCUT2D eigenvalue weighted by atomic mass is 10.0. The van der Waals surface area contributed by atoms with Crippen LogP contribution in [-0.2, 0) is 20.6 Å². The molecule has 0 aliphatic heterocycles. The monoisotopic (exact) mass is 306 g/mol. The van der Waals surface area contributed by atoms with Crippen LogP contribution in [0.3, 0.4) is 0 Å². The molecular weight excluding hydrogens is 288 g/mol. The van der Waals surface area contributed by atoms with Crippen LogP contribution in [-0.4, -0.2) is 14.3 Å². The van der Waals surface area contributed by atoms with Crippen LogP contribution in [0.5, 0.6) is 0 Å². The van der Waals surface area contributed by atoms with E-state index in [0.717, 1.165) is 25.7 Å². The third-order valence-corrected chi connectivity index (χ3v) is 4.91. The van der Waals surface area contributed by atoms with E-state index in [9.17, 15) is 13.2 Å². The summed E-state index contributed by atoms with van der Waals surface area (Å²) in [7, 11) is -3.68. The fraction of sp³-hybridized carbons (Fsp3) is 0.467. The molecule has 112 valence electrons. The quantitative estimate of drug-likeness (QED) is 0.902. The average Bonchev–Trinajstić information content (AvgIpc) is 2.91. The van der Waals surface area contributed by atoms with Gasteiger partial charge in [-0.3, -0.25) is 9.52 Å². The van der Waals surface area contributed by atoms with Gasteiger partial charge in [0.25, 0.3) is 0 Å². The number of rotatable bonds is 5. The first-order valence-electron chi connectivity index (χ1n) is 7.01. The highest BCUT2D eigenvalue weighted by atomic mass is 32.2. The number of carbonyl (C=O) groups excluding carboxylic acids is 1. The summed E-state index contributed by atoms with van der Waals surface area (Å²) in [4.78, 5) is 11.8. The van der Waals surface area contributed by atoms with Gasteiger partial charge in [-0.1, -0.05) is 25.0 Å². The summed E-state index contributed by atoms with van der Waals surface area (Å²) in [6.07, 6.45) is 4.53. The van der Waals surface area contributed by atoms with E-state index in [1.165, 1.54) is 0 Å². The number of amides is 1. The van der Waals surface area contributed by atoms with E-state index in [-0.39, 0.29) is 12.2 Å². The summed E-state index contributed by atoms with van der Waals surface area (Å²) in [6.45, 7) is 0. The van der Waals surface area contributed by atoms with Gasteiger partial charge in [-0.15, -0.1) is 0 Å². The second-order valence-corrected chi connectivity index (χ2v) is 7.17. The summed E-state index contributed by atoms with van der Waals surface area (Å²) in [5, 5.41) is 8.69. The molecule has 0 heterocycles. The molecule has 1 aromatic rings. The van der Waals surface area contributed by atoms with Crippen LogP contribution >= 0.6 is 0 Å². The lowest BCUT2D eigenvalue weighted by Crippen LogP contribution is -2.32. The molecule has 1 aliphatic carbocycles. The van der Waals surface area contributed by atoms with Crippen LogP contribution in [0.25, 0.3) is 0 Å². The molecule has 1 aromatic carbocycles. The minimum Gasteiger partial charge on any atom is -0.274 e. The number of nitriles is 1. The van der Waals surface area contributed by atoms with Crippen molar-refractivity contribution in [1.29, 1.82) is 5.26 Å². The van der Waals surface area contributed by atoms with E-state index >= 15 is 0 Å². The van der Waals surface area contributed by atoms with Gasteiger partial charge in [0, 0.05) is 6.42 Å². The fourth-order valence-electron chi connectivity index (χ4n) is 2.62. The number of nitrogens with zero attached hydrogens (tertiary/aromatic N) is 1. The largest absolute Gasteiger partial charge is 0.274 e. The molecule has 2 rings (SSSR count). The zero-order valence-corrected chi connectivity index (χ0v) is 12.5. The van der Waals surface area contributed by atoms with Crippen LogP contribution in [0, 0.1) is 17.2 Å². The Morgan fingerprint density at radius 1 is 1.24 bits per heavy atom. The van der Waals surface area contributed by atoms with Gasteiger partial charge in [-0.25, -0.2) is 8.42 Å². The van der Waals surface area contributed by atoms with Gasteiger partial charge in [-0.2, -0.15) is 5.26 Å². The van der Waals surface area contributed by atoms with E-state index in [1.807, 2.05) is 6.07 Å². The van der Waals surface area contributed by atoms with Gasteiger partial charge in [0.1, 0.15) is 0 Å². The third kappa shape index (κ3) is 4.87. The van der Waals surface area contributed by atoms with Crippen molar-refractivity contribution < 1.29 is 13.2 Å². The second-order valence-electron chi connectivity index (χ2n) is 5.45. The average molecular weight is 306 g/mol. The maximum Gasteiger partial charge on any atom is 0.239 e. The second kappa shape index (κ2) is 6.72. The van der Waals surface area contributed by atoms with E-state index in [1.54, 1.807) is 24.3 Å². The zero-order valence-electron chi connectivity index (χ0n) is 11.7. The van der Waals surface area contributed by atoms with Gasteiger partial charge in [0.15, 0.2) is 0 Å². The van der Waals surface area contributed by atoms with Gasteiger partial charge in [0.2, 0.25) is 15.9 Å². The van der Waals surface area contributed by atoms with Crippen molar-refractivity contribution in [2.75, 3.05) is 0 Å². The summed E-state index contributed by atoms with van der Waals surface area (Å²) < 4.78 is 26.0. The van der Waals surface area contributed by atoms with Crippen molar-refractivity contribution in [2.24, 2.45) is 5.92 Å². The number of benzene rings is 1. The third-order valence-electron chi connectivity index (χ3n) is 3.66. The highest BCUT2D eigenvalue weighted by Crippen LogP contribution is 2.27. The molecule has 0 spiro atoms. The molecule has 1 amide bonds. The molecule has 0 atom stereocenters. The molecule has 6 heteroatoms. The van der Waals surface area contributed by atoms with Crippen molar-refractivity contribution in [3.8, 4) is 6.07 Å². The Morgan fingerprint density at radius 2 is 1.86 bits per heavy atom. The van der Waals surface area contributed by atoms with E-state index in [2.05, 4.69) is 4.72 Å². The van der Waals surface area contributed by atoms with Crippen molar-refractivity contribution in [2.45, 2.75) is 37.9 Å². The molecule has 1 fully saturated rings. The normalized spacial score (nSPS) is 15.6. The molecule has 5 nitrogen and oxygen atoms in total. The first-order chi connectivity index (χ1) is 9.98. The molecule has 1 saturated carbocycles. The van der Waals surface area contributed by atoms with Crippen LogP contribution in [0.1, 0.15) is 43.2 Å². The van der Waals surface area contributed by atoms with Gasteiger partial charge >= 0.3 is 0 Å². The maximum atomic E-state index is 11.9. The smallest absolute Gasteiger partial charge is 0.239 e. The van der Waals surface area contributed by atoms with Crippen molar-refractivity contribution in [3.05, 3.63) is 35.4 Å². The Hall–Kier alpha value is -1.87. The van der Waals surface area contributed by atoms with E-state index in [4.69, 9.17) is 5.26 Å². The van der Waals surface area contributed by atoms with Crippen molar-refractivity contribution in [3.63, 3.8) is 0 Å². The molecule has 21 heavy (non-hydrogen) atoms. The van der Waals surface area contributed by atoms with Gasteiger partial charge in [-0.05, 0) is 36.5 Å². The molecule has 0 saturated heterocycles. The maximum absolute atomic E-state index is 11.9. The van der Waals surface area contributed by atoms with Crippen LogP contribution in [0.4, 0.5) is 0 Å². The Labute approximate surface area is 125 Å². The Balaban J connectivity index is 1.91. The molecule has 1 N–H and O–H groups in total. The van der Waals surface area contributed by atoms with Crippen LogP contribution in [0.2, 0.25) is 0 Å². The molecular formula is C15H18N2O3S. The number of carbonyl (C=O) groups is 1. The van der Waals surface area contributed by atoms with Crippen LogP contribution < -0.4 is 4.72 Å². The predicted molar refractivity (Wildman–Crippen MR) is 78.5 cm³/mol. The Kier molecular flexibility index (Phi) is 4.97. The van der Waals surface area contributed by atoms with E-state index < -0.39 is 15.9 Å². The summed E-state index contributed by atoms with van der Waals surface area (Å²) >= 11 is 0. The lowest BCUT2D eigenvalue weighted by molar-refractivity contribution is -0.120. The molecule has 0 radical (unpaired) electrons. The summed E-state index contributed by atoms with van der Waals surface area (Å²) in [5.41, 5.74) is 1.02. The topological polar surface area (TPSA) is 87.0 Å². The standard InChI is InChI=1S/C15H18N2O3S/c16-10-13-5-7-14(8-6-13)11-21(19,20)17-15(18)9-12-3-1-2-4-12/h5-8,12H,1-4,9,11H2,(H,17,18). The molecule has 1 aliphatic rings. The highest BCUT2D eigenvalue weighted by Gasteiger charge is 2.21. The highest BCUT2D eigenvalue weighted by molar-refractivity contribution is 7.89. The van der Waals surface area contributed by atoms with Crippen molar-refractivity contribution in [1.82, 2.24) is 4.72 Å². The molecule has 0 bridgehead atoms. The van der Waals surface area contributed by atoms with Gasteiger partial charge in [0.05, 0.1) is 17.4 Å². The first kappa shape index (κ1) is 15.5. The fourth-order valence-corrected chi connectivity index (χ4v) is 3.76. The van der Waals surface area contributed by atoms with Gasteiger partial charge < -0.3 is 0 Å². The number of hydrogen-bond donors (Lipinski definition) is 1. The van der Waals surface area contributed by atoms with Crippen LogP contribution in [0.15, 0.2) is 24.3 Å². The number of nitrogens with one attached hydrogen (secondary N) is 1. The predicted octanol–water partition coefficient (Wildman–Crippen LogP) is 2.08.